The summed E-state index contributed by atoms with van der Waals surface area (Å²) in [6.07, 6.45) is 1.26. The molecule has 1 aromatic heterocycles. The van der Waals surface area contributed by atoms with E-state index in [1.165, 1.54) is 0 Å². The second-order valence-corrected chi connectivity index (χ2v) is 6.42. The van der Waals surface area contributed by atoms with Gasteiger partial charge in [-0.05, 0) is 17.5 Å². The molecule has 2 amide bonds. The van der Waals surface area contributed by atoms with Crippen LogP contribution < -0.4 is 10.6 Å². The van der Waals surface area contributed by atoms with Crippen LogP contribution in [0, 0.1) is 0 Å². The number of rotatable bonds is 5. The lowest BCUT2D eigenvalue weighted by Gasteiger charge is -2.23. The third-order valence-corrected chi connectivity index (χ3v) is 4.48. The molecule has 3 aromatic rings. The number of aryl methyl sites for hydroxylation is 1. The van der Waals surface area contributed by atoms with Gasteiger partial charge in [-0.2, -0.15) is 4.98 Å². The first kappa shape index (κ1) is 17.0. The quantitative estimate of drug-likeness (QED) is 0.731. The normalized spacial score (nSPS) is 15.7. The number of hydrogen-bond acceptors (Lipinski definition) is 4. The zero-order valence-corrected chi connectivity index (χ0v) is 14.6. The van der Waals surface area contributed by atoms with Crippen molar-refractivity contribution in [1.82, 2.24) is 14.8 Å². The van der Waals surface area contributed by atoms with Crippen molar-refractivity contribution in [3.8, 4) is 0 Å². The molecule has 0 aliphatic carbocycles. The number of amides is 2. The van der Waals surface area contributed by atoms with Crippen molar-refractivity contribution in [2.75, 3.05) is 10.6 Å². The van der Waals surface area contributed by atoms with Gasteiger partial charge in [0, 0.05) is 6.42 Å². The molecule has 0 saturated heterocycles. The summed E-state index contributed by atoms with van der Waals surface area (Å²) in [5.74, 6) is 0.264. The number of carbonyl (C=O) groups excluding carboxylic acids is 2. The molecule has 0 unspecified atom stereocenters. The maximum atomic E-state index is 12.2. The van der Waals surface area contributed by atoms with E-state index >= 15 is 0 Å². The highest BCUT2D eigenvalue weighted by molar-refractivity contribution is 5.92. The van der Waals surface area contributed by atoms with Crippen LogP contribution in [0.5, 0.6) is 0 Å². The molecule has 7 nitrogen and oxygen atoms in total. The molecule has 1 aliphatic rings. The number of hydrogen-bond donors (Lipinski definition) is 2. The van der Waals surface area contributed by atoms with Crippen LogP contribution in [0.25, 0.3) is 0 Å². The molecule has 1 aliphatic heterocycles. The van der Waals surface area contributed by atoms with Crippen LogP contribution in [0.4, 0.5) is 11.9 Å². The maximum Gasteiger partial charge on any atom is 0.250 e. The largest absolute Gasteiger partial charge is 0.295 e. The van der Waals surface area contributed by atoms with Gasteiger partial charge in [-0.25, -0.2) is 4.68 Å². The van der Waals surface area contributed by atoms with Crippen LogP contribution in [0.15, 0.2) is 60.7 Å². The molecule has 136 valence electrons. The average Bonchev–Trinajstić information content (AvgIpc) is 3.09. The number of benzene rings is 2. The van der Waals surface area contributed by atoms with E-state index in [0.29, 0.717) is 18.8 Å². The van der Waals surface area contributed by atoms with Gasteiger partial charge in [-0.3, -0.25) is 20.2 Å². The molecule has 0 fully saturated rings. The number of nitrogens with zero attached hydrogens (tertiary/aromatic N) is 3. The van der Waals surface area contributed by atoms with Crippen molar-refractivity contribution in [3.63, 3.8) is 0 Å². The number of aromatic nitrogens is 3. The minimum atomic E-state index is -0.238. The van der Waals surface area contributed by atoms with Crippen LogP contribution in [-0.4, -0.2) is 26.6 Å². The second-order valence-electron chi connectivity index (χ2n) is 6.42. The van der Waals surface area contributed by atoms with E-state index in [1.54, 1.807) is 4.68 Å². The Hall–Kier alpha value is -3.48. The van der Waals surface area contributed by atoms with E-state index in [0.717, 1.165) is 11.1 Å². The lowest BCUT2D eigenvalue weighted by atomic mass is 10.0. The Balaban J connectivity index is 1.48. The molecule has 0 spiro atoms. The first-order chi connectivity index (χ1) is 13.2. The van der Waals surface area contributed by atoms with Crippen molar-refractivity contribution < 1.29 is 9.59 Å². The van der Waals surface area contributed by atoms with E-state index in [-0.39, 0.29) is 30.2 Å². The highest BCUT2D eigenvalue weighted by Gasteiger charge is 2.29. The fraction of sp³-hybridized carbons (Fsp3) is 0.200. The Kier molecular flexibility index (Phi) is 4.65. The highest BCUT2D eigenvalue weighted by atomic mass is 16.2. The molecular weight excluding hydrogens is 342 g/mol. The van der Waals surface area contributed by atoms with E-state index in [9.17, 15) is 9.59 Å². The molecule has 0 saturated carbocycles. The van der Waals surface area contributed by atoms with E-state index in [4.69, 9.17) is 0 Å². The third kappa shape index (κ3) is 3.87. The van der Waals surface area contributed by atoms with E-state index in [1.807, 2.05) is 60.7 Å². The summed E-state index contributed by atoms with van der Waals surface area (Å²) < 4.78 is 1.66. The number of anilines is 2. The highest BCUT2D eigenvalue weighted by Crippen LogP contribution is 2.29. The van der Waals surface area contributed by atoms with Crippen LogP contribution in [0.3, 0.4) is 0 Å². The molecule has 4 rings (SSSR count). The lowest BCUT2D eigenvalue weighted by Crippen LogP contribution is -2.29. The fourth-order valence-electron chi connectivity index (χ4n) is 3.14. The molecule has 27 heavy (non-hydrogen) atoms. The lowest BCUT2D eigenvalue weighted by molar-refractivity contribution is -0.117. The van der Waals surface area contributed by atoms with Gasteiger partial charge in [0.2, 0.25) is 17.8 Å². The van der Waals surface area contributed by atoms with Crippen LogP contribution in [0.1, 0.15) is 30.0 Å². The summed E-state index contributed by atoms with van der Waals surface area (Å²) in [6.45, 7) is 0. The Labute approximate surface area is 156 Å². The fourth-order valence-corrected chi connectivity index (χ4v) is 3.14. The monoisotopic (exact) mass is 361 g/mol. The van der Waals surface area contributed by atoms with Gasteiger partial charge in [0.15, 0.2) is 0 Å². The smallest absolute Gasteiger partial charge is 0.250 e. The van der Waals surface area contributed by atoms with Gasteiger partial charge in [0.05, 0.1) is 12.5 Å². The van der Waals surface area contributed by atoms with E-state index in [2.05, 4.69) is 20.7 Å². The van der Waals surface area contributed by atoms with Crippen LogP contribution in [0.2, 0.25) is 0 Å². The summed E-state index contributed by atoms with van der Waals surface area (Å²) in [5, 5.41) is 9.83. The van der Waals surface area contributed by atoms with Gasteiger partial charge >= 0.3 is 0 Å². The maximum absolute atomic E-state index is 12.2. The van der Waals surface area contributed by atoms with Gasteiger partial charge in [0.1, 0.15) is 0 Å². The van der Waals surface area contributed by atoms with Crippen molar-refractivity contribution in [3.05, 3.63) is 71.8 Å². The molecule has 1 atom stereocenters. The summed E-state index contributed by atoms with van der Waals surface area (Å²) in [6, 6.07) is 19.2. The molecular formula is C20H19N5O2. The van der Waals surface area contributed by atoms with Crippen molar-refractivity contribution in [1.29, 1.82) is 0 Å². The molecule has 0 bridgehead atoms. The van der Waals surface area contributed by atoms with Crippen LogP contribution in [-0.2, 0) is 16.0 Å². The van der Waals surface area contributed by atoms with Crippen molar-refractivity contribution in [2.45, 2.75) is 25.3 Å². The molecule has 2 heterocycles. The summed E-state index contributed by atoms with van der Waals surface area (Å²) in [7, 11) is 0. The third-order valence-electron chi connectivity index (χ3n) is 4.48. The minimum absolute atomic E-state index is 0.120. The SMILES string of the molecule is O=C(CCc1ccccc1)Nc1nc2n(n1)[C@@H](c1ccccc1)CC(=O)N2. The van der Waals surface area contributed by atoms with Crippen molar-refractivity contribution in [2.24, 2.45) is 0 Å². The predicted octanol–water partition coefficient (Wildman–Crippen LogP) is 2.78. The van der Waals surface area contributed by atoms with Crippen LogP contribution >= 0.6 is 0 Å². The van der Waals surface area contributed by atoms with E-state index < -0.39 is 0 Å². The second kappa shape index (κ2) is 7.41. The Morgan fingerprint density at radius 1 is 1.11 bits per heavy atom. The number of carbonyl (C=O) groups is 2. The standard InChI is InChI=1S/C20H19N5O2/c26-17(12-11-14-7-3-1-4-8-14)21-19-23-20-22-18(27)13-16(25(20)24-19)15-9-5-2-6-10-15/h1-10,16H,11-13H2,(H2,21,22,23,24,26,27)/t16-/m1/s1. The Morgan fingerprint density at radius 2 is 1.81 bits per heavy atom. The molecule has 0 radical (unpaired) electrons. The molecule has 2 N–H and O–H groups in total. The number of nitrogens with one attached hydrogen (secondary N) is 2. The topological polar surface area (TPSA) is 88.9 Å². The zero-order valence-electron chi connectivity index (χ0n) is 14.6. The van der Waals surface area contributed by atoms with Gasteiger partial charge in [-0.1, -0.05) is 60.7 Å². The Morgan fingerprint density at radius 3 is 2.56 bits per heavy atom. The minimum Gasteiger partial charge on any atom is -0.295 e. The average molecular weight is 361 g/mol. The van der Waals surface area contributed by atoms with Crippen molar-refractivity contribution >= 4 is 23.7 Å². The number of fused-ring (bicyclic) bond motifs is 1. The van der Waals surface area contributed by atoms with Gasteiger partial charge in [0.25, 0.3) is 5.95 Å². The zero-order chi connectivity index (χ0) is 18.6. The molecule has 2 aromatic carbocycles. The van der Waals surface area contributed by atoms with Gasteiger partial charge < -0.3 is 0 Å². The first-order valence-corrected chi connectivity index (χ1v) is 8.84. The first-order valence-electron chi connectivity index (χ1n) is 8.84. The van der Waals surface area contributed by atoms with Gasteiger partial charge in [-0.15, -0.1) is 5.10 Å². The summed E-state index contributed by atoms with van der Waals surface area (Å²) >= 11 is 0. The Bertz CT molecular complexity index is 953. The summed E-state index contributed by atoms with van der Waals surface area (Å²) in [4.78, 5) is 28.5. The summed E-state index contributed by atoms with van der Waals surface area (Å²) in [5.41, 5.74) is 2.07. The molecule has 7 heteroatoms. The predicted molar refractivity (Wildman–Crippen MR) is 101 cm³/mol.